The SMILES string of the molecule is CC(=O)OC[C@H]1O[C@H](O)[C@H]([N+](C)(C)C)[C@@H](OC(C)=O)[C@@H]1OC(C)=O. The van der Waals surface area contributed by atoms with E-state index in [2.05, 4.69) is 0 Å². The molecule has 0 radical (unpaired) electrons. The maximum atomic E-state index is 11.5. The maximum absolute atomic E-state index is 11.5. The number of esters is 3. The number of likely N-dealkylation sites (N-methyl/N-ethyl adjacent to an activating group) is 1. The van der Waals surface area contributed by atoms with Crippen LogP contribution in [0.25, 0.3) is 0 Å². The number of ether oxygens (including phenoxy) is 4. The molecule has 1 rings (SSSR count). The van der Waals surface area contributed by atoms with Crippen molar-refractivity contribution >= 4 is 17.9 Å². The van der Waals surface area contributed by atoms with Gasteiger partial charge >= 0.3 is 17.9 Å². The van der Waals surface area contributed by atoms with Crippen LogP contribution in [0.2, 0.25) is 0 Å². The molecule has 24 heavy (non-hydrogen) atoms. The van der Waals surface area contributed by atoms with E-state index < -0.39 is 48.6 Å². The van der Waals surface area contributed by atoms with Gasteiger partial charge in [-0.2, -0.15) is 0 Å². The third-order valence-corrected chi connectivity index (χ3v) is 3.58. The lowest BCUT2D eigenvalue weighted by Gasteiger charge is -2.48. The minimum Gasteiger partial charge on any atom is -0.463 e. The molecule has 1 aliphatic heterocycles. The summed E-state index contributed by atoms with van der Waals surface area (Å²) in [6.45, 7) is 3.41. The summed E-state index contributed by atoms with van der Waals surface area (Å²) in [4.78, 5) is 34.0. The van der Waals surface area contributed by atoms with Gasteiger partial charge in [-0.3, -0.25) is 14.4 Å². The largest absolute Gasteiger partial charge is 0.463 e. The summed E-state index contributed by atoms with van der Waals surface area (Å²) in [6.07, 6.45) is -4.24. The number of hydrogen-bond acceptors (Lipinski definition) is 8. The molecule has 138 valence electrons. The van der Waals surface area contributed by atoms with Crippen molar-refractivity contribution in [2.45, 2.75) is 51.4 Å². The van der Waals surface area contributed by atoms with Gasteiger partial charge in [0.2, 0.25) is 6.29 Å². The molecule has 0 aliphatic carbocycles. The van der Waals surface area contributed by atoms with Crippen molar-refractivity contribution in [2.24, 2.45) is 0 Å². The Morgan fingerprint density at radius 1 is 0.958 bits per heavy atom. The van der Waals surface area contributed by atoms with E-state index in [-0.39, 0.29) is 11.1 Å². The summed E-state index contributed by atoms with van der Waals surface area (Å²) in [5, 5.41) is 10.4. The molecule has 1 saturated heterocycles. The lowest BCUT2D eigenvalue weighted by Crippen LogP contribution is -2.69. The second kappa shape index (κ2) is 7.91. The molecule has 1 aliphatic rings. The zero-order chi connectivity index (χ0) is 18.7. The molecule has 0 aromatic rings. The van der Waals surface area contributed by atoms with E-state index in [1.165, 1.54) is 20.8 Å². The van der Waals surface area contributed by atoms with E-state index in [4.69, 9.17) is 18.9 Å². The minimum absolute atomic E-state index is 0.192. The summed E-state index contributed by atoms with van der Waals surface area (Å²) in [7, 11) is 5.35. The molecular weight excluding hydrogens is 322 g/mol. The molecule has 0 bridgehead atoms. The molecule has 9 heteroatoms. The van der Waals surface area contributed by atoms with Gasteiger partial charge in [-0.15, -0.1) is 0 Å². The summed E-state index contributed by atoms with van der Waals surface area (Å²) in [5.41, 5.74) is 0. The second-order valence-electron chi connectivity index (χ2n) is 6.62. The molecule has 0 amide bonds. The number of nitrogens with zero attached hydrogens (tertiary/aromatic N) is 1. The quantitative estimate of drug-likeness (QED) is 0.391. The highest BCUT2D eigenvalue weighted by molar-refractivity contribution is 5.67. The average Bonchev–Trinajstić information content (AvgIpc) is 2.36. The van der Waals surface area contributed by atoms with Crippen molar-refractivity contribution in [3.05, 3.63) is 0 Å². The third kappa shape index (κ3) is 5.43. The first-order chi connectivity index (χ1) is 10.9. The van der Waals surface area contributed by atoms with Gasteiger partial charge in [0.1, 0.15) is 12.7 Å². The molecule has 1 N–H and O–H groups in total. The fraction of sp³-hybridized carbons (Fsp3) is 0.800. The van der Waals surface area contributed by atoms with Crippen LogP contribution < -0.4 is 0 Å². The Morgan fingerprint density at radius 3 is 1.88 bits per heavy atom. The first-order valence-electron chi connectivity index (χ1n) is 7.56. The summed E-state index contributed by atoms with van der Waals surface area (Å²) >= 11 is 0. The van der Waals surface area contributed by atoms with Gasteiger partial charge < -0.3 is 28.5 Å². The van der Waals surface area contributed by atoms with Gasteiger partial charge in [0.25, 0.3) is 0 Å². The molecule has 0 unspecified atom stereocenters. The molecule has 0 spiro atoms. The monoisotopic (exact) mass is 348 g/mol. The van der Waals surface area contributed by atoms with E-state index in [1.807, 2.05) is 0 Å². The Labute approximate surface area is 141 Å². The van der Waals surface area contributed by atoms with Crippen LogP contribution in [0.15, 0.2) is 0 Å². The molecule has 1 heterocycles. The van der Waals surface area contributed by atoms with Gasteiger partial charge in [-0.05, 0) is 0 Å². The van der Waals surface area contributed by atoms with Crippen molar-refractivity contribution in [1.82, 2.24) is 0 Å². The van der Waals surface area contributed by atoms with Crippen molar-refractivity contribution in [1.29, 1.82) is 0 Å². The normalized spacial score (nSPS) is 30.4. The zero-order valence-electron chi connectivity index (χ0n) is 14.8. The standard InChI is InChI=1S/C15H26NO8/c1-8(17)21-7-11-13(22-9(2)18)14(23-10(3)19)12(15(20)24-11)16(4,5)6/h11-15,20H,7H2,1-6H3/q+1/t11-,12-,13-,14-,15+/m1/s1. The molecular formula is C15H26NO8+. The Balaban J connectivity index is 3.19. The van der Waals surface area contributed by atoms with Crippen molar-refractivity contribution in [3.63, 3.8) is 0 Å². The van der Waals surface area contributed by atoms with Gasteiger partial charge in [-0.1, -0.05) is 0 Å². The van der Waals surface area contributed by atoms with Gasteiger partial charge in [0.05, 0.1) is 21.1 Å². The van der Waals surface area contributed by atoms with Crippen LogP contribution in [0.1, 0.15) is 20.8 Å². The number of rotatable bonds is 5. The maximum Gasteiger partial charge on any atom is 0.303 e. The number of aliphatic hydroxyl groups excluding tert-OH is 1. The molecule has 1 fully saturated rings. The fourth-order valence-electron chi connectivity index (χ4n) is 2.73. The van der Waals surface area contributed by atoms with Gasteiger partial charge in [0, 0.05) is 20.8 Å². The lowest BCUT2D eigenvalue weighted by atomic mass is 9.94. The van der Waals surface area contributed by atoms with Crippen molar-refractivity contribution < 1.29 is 42.9 Å². The Morgan fingerprint density at radius 2 is 1.46 bits per heavy atom. The number of aliphatic hydroxyl groups is 1. The number of carbonyl (C=O) groups excluding carboxylic acids is 3. The third-order valence-electron chi connectivity index (χ3n) is 3.58. The molecule has 0 aromatic heterocycles. The van der Waals surface area contributed by atoms with E-state index in [0.717, 1.165) is 0 Å². The predicted molar refractivity (Wildman–Crippen MR) is 80.4 cm³/mol. The van der Waals surface area contributed by atoms with Crippen molar-refractivity contribution in [3.8, 4) is 0 Å². The highest BCUT2D eigenvalue weighted by Gasteiger charge is 2.55. The van der Waals surface area contributed by atoms with E-state index >= 15 is 0 Å². The lowest BCUT2D eigenvalue weighted by molar-refractivity contribution is -0.909. The first-order valence-corrected chi connectivity index (χ1v) is 7.56. The van der Waals surface area contributed by atoms with Crippen LogP contribution in [-0.2, 0) is 33.3 Å². The molecule has 0 aromatic carbocycles. The molecule has 0 saturated carbocycles. The average molecular weight is 348 g/mol. The predicted octanol–water partition coefficient (Wildman–Crippen LogP) is -0.795. The summed E-state index contributed by atoms with van der Waals surface area (Å²) in [5.74, 6) is -1.74. The Kier molecular flexibility index (Phi) is 6.70. The number of quaternary nitrogens is 1. The second-order valence-corrected chi connectivity index (χ2v) is 6.62. The van der Waals surface area contributed by atoms with Crippen LogP contribution >= 0.6 is 0 Å². The summed E-state index contributed by atoms with van der Waals surface area (Å²) in [6, 6.07) is -0.702. The number of hydrogen-bond donors (Lipinski definition) is 1. The Bertz CT molecular complexity index is 486. The van der Waals surface area contributed by atoms with Crippen molar-refractivity contribution in [2.75, 3.05) is 27.7 Å². The highest BCUT2D eigenvalue weighted by Crippen LogP contribution is 2.30. The van der Waals surface area contributed by atoms with E-state index in [1.54, 1.807) is 21.1 Å². The molecule has 9 nitrogen and oxygen atoms in total. The first kappa shape index (κ1) is 20.3. The van der Waals surface area contributed by atoms with Gasteiger partial charge in [0.15, 0.2) is 18.2 Å². The zero-order valence-corrected chi connectivity index (χ0v) is 14.8. The topological polar surface area (TPSA) is 108 Å². The van der Waals surface area contributed by atoms with Crippen LogP contribution in [-0.4, -0.2) is 85.9 Å². The van der Waals surface area contributed by atoms with E-state index in [0.29, 0.717) is 0 Å². The van der Waals surface area contributed by atoms with Crippen LogP contribution in [0.5, 0.6) is 0 Å². The minimum atomic E-state index is -1.30. The van der Waals surface area contributed by atoms with Crippen LogP contribution in [0.4, 0.5) is 0 Å². The smallest absolute Gasteiger partial charge is 0.303 e. The molecule has 5 atom stereocenters. The Hall–Kier alpha value is -1.71. The summed E-state index contributed by atoms with van der Waals surface area (Å²) < 4.78 is 21.2. The fourth-order valence-corrected chi connectivity index (χ4v) is 2.73. The highest BCUT2D eigenvalue weighted by atomic mass is 16.7. The van der Waals surface area contributed by atoms with Gasteiger partial charge in [-0.25, -0.2) is 0 Å². The van der Waals surface area contributed by atoms with E-state index in [9.17, 15) is 19.5 Å². The number of carbonyl (C=O) groups is 3. The van der Waals surface area contributed by atoms with Crippen LogP contribution in [0, 0.1) is 0 Å². The van der Waals surface area contributed by atoms with Crippen LogP contribution in [0.3, 0.4) is 0 Å².